The normalized spacial score (nSPS) is 11.8. The van der Waals surface area contributed by atoms with E-state index in [0.717, 1.165) is 10.2 Å². The number of rotatable bonds is 4. The van der Waals surface area contributed by atoms with Crippen LogP contribution in [-0.2, 0) is 18.5 Å². The molecule has 0 saturated carbocycles. The molecule has 0 aliphatic rings. The molecule has 2 aromatic rings. The van der Waals surface area contributed by atoms with Crippen molar-refractivity contribution in [3.05, 3.63) is 52.1 Å². The fourth-order valence-electron chi connectivity index (χ4n) is 1.95. The van der Waals surface area contributed by atoms with Crippen molar-refractivity contribution in [1.82, 2.24) is 15.6 Å². The summed E-state index contributed by atoms with van der Waals surface area (Å²) >= 11 is 3.47. The highest BCUT2D eigenvalue weighted by Crippen LogP contribution is 2.22. The van der Waals surface area contributed by atoms with Gasteiger partial charge in [-0.15, -0.1) is 24.0 Å². The standard InChI is InChI=1S/C17H23BrN4O.HI/c1-17(2,3)14-10-20-15(23-14)11-22-16(19-4)21-9-12-6-5-7-13(18)8-12;/h5-8,10H,9,11H2,1-4H3,(H2,19,21,22);1H. The highest BCUT2D eigenvalue weighted by molar-refractivity contribution is 14.0. The van der Waals surface area contributed by atoms with Crippen molar-refractivity contribution < 1.29 is 4.42 Å². The number of nitrogens with zero attached hydrogens (tertiary/aromatic N) is 2. The molecular weight excluding hydrogens is 483 g/mol. The molecule has 0 spiro atoms. The van der Waals surface area contributed by atoms with Gasteiger partial charge in [0.25, 0.3) is 0 Å². The van der Waals surface area contributed by atoms with E-state index in [1.165, 1.54) is 5.56 Å². The Bertz CT molecular complexity index is 679. The lowest BCUT2D eigenvalue weighted by Crippen LogP contribution is -2.36. The van der Waals surface area contributed by atoms with Crippen molar-refractivity contribution in [1.29, 1.82) is 0 Å². The third-order valence-corrected chi connectivity index (χ3v) is 3.77. The van der Waals surface area contributed by atoms with Crippen LogP contribution in [-0.4, -0.2) is 18.0 Å². The number of halogens is 2. The van der Waals surface area contributed by atoms with E-state index in [-0.39, 0.29) is 29.4 Å². The van der Waals surface area contributed by atoms with E-state index in [1.807, 2.05) is 12.1 Å². The fraction of sp³-hybridized carbons (Fsp3) is 0.412. The minimum atomic E-state index is -0.0358. The first-order chi connectivity index (χ1) is 10.9. The van der Waals surface area contributed by atoms with Gasteiger partial charge in [-0.3, -0.25) is 4.99 Å². The average molecular weight is 507 g/mol. The minimum absolute atomic E-state index is 0. The van der Waals surface area contributed by atoms with Gasteiger partial charge in [0, 0.05) is 23.5 Å². The Morgan fingerprint density at radius 1 is 1.25 bits per heavy atom. The topological polar surface area (TPSA) is 62.5 Å². The summed E-state index contributed by atoms with van der Waals surface area (Å²) in [5, 5.41) is 6.48. The van der Waals surface area contributed by atoms with Gasteiger partial charge in [0.2, 0.25) is 5.89 Å². The van der Waals surface area contributed by atoms with E-state index >= 15 is 0 Å². The number of hydrogen-bond donors (Lipinski definition) is 2. The van der Waals surface area contributed by atoms with E-state index in [2.05, 4.69) is 69.4 Å². The Balaban J connectivity index is 0.00000288. The van der Waals surface area contributed by atoms with Gasteiger partial charge in [-0.1, -0.05) is 48.8 Å². The van der Waals surface area contributed by atoms with Gasteiger partial charge in [0.1, 0.15) is 5.76 Å². The van der Waals surface area contributed by atoms with E-state index in [9.17, 15) is 0 Å². The lowest BCUT2D eigenvalue weighted by Gasteiger charge is -2.13. The Labute approximate surface area is 168 Å². The molecule has 0 unspecified atom stereocenters. The van der Waals surface area contributed by atoms with Crippen LogP contribution >= 0.6 is 39.9 Å². The number of nitrogens with one attached hydrogen (secondary N) is 2. The molecule has 0 saturated heterocycles. The van der Waals surface area contributed by atoms with Gasteiger partial charge >= 0.3 is 0 Å². The first-order valence-electron chi connectivity index (χ1n) is 7.52. The number of benzene rings is 1. The minimum Gasteiger partial charge on any atom is -0.443 e. The van der Waals surface area contributed by atoms with Crippen molar-refractivity contribution in [2.75, 3.05) is 7.05 Å². The summed E-state index contributed by atoms with van der Waals surface area (Å²) in [4.78, 5) is 8.51. The Hall–Kier alpha value is -1.09. The number of oxazole rings is 1. The van der Waals surface area contributed by atoms with Crippen LogP contribution in [0.15, 0.2) is 44.3 Å². The molecule has 1 aromatic carbocycles. The van der Waals surface area contributed by atoms with Crippen LogP contribution in [0, 0.1) is 0 Å². The van der Waals surface area contributed by atoms with Gasteiger partial charge in [-0.05, 0) is 17.7 Å². The van der Waals surface area contributed by atoms with Crippen LogP contribution in [0.1, 0.15) is 38.0 Å². The summed E-state index contributed by atoms with van der Waals surface area (Å²) in [6.45, 7) is 7.49. The molecule has 132 valence electrons. The molecule has 0 atom stereocenters. The molecule has 2 rings (SSSR count). The number of hydrogen-bond acceptors (Lipinski definition) is 3. The van der Waals surface area contributed by atoms with E-state index < -0.39 is 0 Å². The SMILES string of the molecule is CN=C(NCc1cccc(Br)c1)NCc1ncc(C(C)(C)C)o1.I. The molecule has 5 nitrogen and oxygen atoms in total. The fourth-order valence-corrected chi connectivity index (χ4v) is 2.40. The molecule has 0 aliphatic heterocycles. The lowest BCUT2D eigenvalue weighted by atomic mass is 9.94. The quantitative estimate of drug-likeness (QED) is 0.370. The number of aromatic nitrogens is 1. The van der Waals surface area contributed by atoms with Crippen molar-refractivity contribution in [3.8, 4) is 0 Å². The summed E-state index contributed by atoms with van der Waals surface area (Å²) in [5.74, 6) is 2.24. The number of guanidine groups is 1. The van der Waals surface area contributed by atoms with Crippen LogP contribution in [0.4, 0.5) is 0 Å². The zero-order valence-electron chi connectivity index (χ0n) is 14.4. The zero-order chi connectivity index (χ0) is 16.9. The van der Waals surface area contributed by atoms with Gasteiger partial charge in [-0.2, -0.15) is 0 Å². The maximum Gasteiger partial charge on any atom is 0.213 e. The maximum absolute atomic E-state index is 5.76. The molecule has 0 aliphatic carbocycles. The molecule has 0 amide bonds. The lowest BCUT2D eigenvalue weighted by molar-refractivity contribution is 0.379. The van der Waals surface area contributed by atoms with Crippen molar-refractivity contribution in [2.45, 2.75) is 39.3 Å². The molecular formula is C17H24BrIN4O. The van der Waals surface area contributed by atoms with Crippen molar-refractivity contribution >= 4 is 45.9 Å². The molecule has 24 heavy (non-hydrogen) atoms. The Kier molecular flexibility index (Phi) is 8.21. The first kappa shape index (κ1) is 21.0. The van der Waals surface area contributed by atoms with E-state index in [4.69, 9.17) is 4.42 Å². The van der Waals surface area contributed by atoms with Crippen molar-refractivity contribution in [2.24, 2.45) is 4.99 Å². The molecule has 1 heterocycles. The predicted molar refractivity (Wildman–Crippen MR) is 112 cm³/mol. The van der Waals surface area contributed by atoms with Crippen LogP contribution in [0.3, 0.4) is 0 Å². The highest BCUT2D eigenvalue weighted by atomic mass is 127. The third-order valence-electron chi connectivity index (χ3n) is 3.27. The van der Waals surface area contributed by atoms with Crippen LogP contribution in [0.2, 0.25) is 0 Å². The molecule has 2 N–H and O–H groups in total. The van der Waals surface area contributed by atoms with E-state index in [1.54, 1.807) is 13.2 Å². The molecule has 0 bridgehead atoms. The summed E-state index contributed by atoms with van der Waals surface area (Å²) < 4.78 is 6.82. The summed E-state index contributed by atoms with van der Waals surface area (Å²) in [6, 6.07) is 8.16. The second-order valence-electron chi connectivity index (χ2n) is 6.28. The van der Waals surface area contributed by atoms with Gasteiger partial charge in [0.15, 0.2) is 5.96 Å². The smallest absolute Gasteiger partial charge is 0.213 e. The van der Waals surface area contributed by atoms with Gasteiger partial charge in [-0.25, -0.2) is 4.98 Å². The summed E-state index contributed by atoms with van der Waals surface area (Å²) in [6.07, 6.45) is 1.79. The monoisotopic (exact) mass is 506 g/mol. The predicted octanol–water partition coefficient (Wildman–Crippen LogP) is 4.22. The number of aliphatic imine (C=N–C) groups is 1. The second-order valence-corrected chi connectivity index (χ2v) is 7.19. The second kappa shape index (κ2) is 9.41. The van der Waals surface area contributed by atoms with E-state index in [0.29, 0.717) is 24.9 Å². The summed E-state index contributed by atoms with van der Waals surface area (Å²) in [7, 11) is 1.74. The van der Waals surface area contributed by atoms with Gasteiger partial charge in [0.05, 0.1) is 12.7 Å². The largest absolute Gasteiger partial charge is 0.443 e. The van der Waals surface area contributed by atoms with Gasteiger partial charge < -0.3 is 15.1 Å². The Morgan fingerprint density at radius 2 is 1.96 bits per heavy atom. The maximum atomic E-state index is 5.76. The molecule has 1 aromatic heterocycles. The third kappa shape index (κ3) is 6.43. The van der Waals surface area contributed by atoms with Crippen LogP contribution < -0.4 is 10.6 Å². The molecule has 0 radical (unpaired) electrons. The first-order valence-corrected chi connectivity index (χ1v) is 8.32. The Morgan fingerprint density at radius 3 is 2.54 bits per heavy atom. The average Bonchev–Trinajstić information content (AvgIpc) is 2.96. The van der Waals surface area contributed by atoms with Crippen LogP contribution in [0.25, 0.3) is 0 Å². The van der Waals surface area contributed by atoms with Crippen LogP contribution in [0.5, 0.6) is 0 Å². The van der Waals surface area contributed by atoms with Crippen molar-refractivity contribution in [3.63, 3.8) is 0 Å². The highest BCUT2D eigenvalue weighted by Gasteiger charge is 2.19. The zero-order valence-corrected chi connectivity index (χ0v) is 18.3. The molecule has 7 heteroatoms. The molecule has 0 fully saturated rings. The summed E-state index contributed by atoms with van der Waals surface area (Å²) in [5.41, 5.74) is 1.14.